The van der Waals surface area contributed by atoms with Crippen LogP contribution in [0.25, 0.3) is 4.85 Å². The highest BCUT2D eigenvalue weighted by Crippen LogP contribution is 2.36. The zero-order chi connectivity index (χ0) is 33.7. The number of ketones is 2. The van der Waals surface area contributed by atoms with Gasteiger partial charge in [0.1, 0.15) is 40.3 Å². The molecule has 1 heterocycles. The predicted octanol–water partition coefficient (Wildman–Crippen LogP) is 3.04. The number of nitrogens with one attached hydrogen (secondary N) is 1. The average Bonchev–Trinajstić information content (AvgIpc) is 3.00. The minimum absolute atomic E-state index is 0.00631. The van der Waals surface area contributed by atoms with Crippen LogP contribution in [0.15, 0.2) is 0 Å². The van der Waals surface area contributed by atoms with Gasteiger partial charge in [0.25, 0.3) is 4.87 Å². The SMILES string of the molecule is [C-]#[N+]C(C)(CCC(=O)CCCOCCOCC(=O)CCCCCCO[C@@H]1O[C@H](CO)[C@H](O)[C@H](O)[C@H]1NC(C)=O)SC(=S)SCC. The number of ether oxygens (including phenoxy) is 4. The minimum Gasteiger partial charge on any atom is -0.394 e. The molecule has 12 nitrogen and oxygen atoms in total. The second-order valence-electron chi connectivity index (χ2n) is 10.9. The summed E-state index contributed by atoms with van der Waals surface area (Å²) in [6.45, 7) is 13.4. The first-order valence-corrected chi connectivity index (χ1v) is 17.6. The van der Waals surface area contributed by atoms with Gasteiger partial charge in [-0.15, -0.1) is 11.8 Å². The lowest BCUT2D eigenvalue weighted by molar-refractivity contribution is -0.270. The Morgan fingerprint density at radius 2 is 1.67 bits per heavy atom. The van der Waals surface area contributed by atoms with Crippen molar-refractivity contribution in [1.82, 2.24) is 5.32 Å². The molecule has 0 aromatic heterocycles. The summed E-state index contributed by atoms with van der Waals surface area (Å²) in [6, 6.07) is -0.962. The molecular formula is C30H50N2O10S3. The second-order valence-corrected chi connectivity index (χ2v) is 14.8. The number of amides is 1. The van der Waals surface area contributed by atoms with Gasteiger partial charge in [-0.2, -0.15) is 0 Å². The molecule has 1 saturated heterocycles. The lowest BCUT2D eigenvalue weighted by atomic mass is 9.97. The number of hydrogen-bond acceptors (Lipinski definition) is 13. The van der Waals surface area contributed by atoms with Crippen molar-refractivity contribution in [3.63, 3.8) is 0 Å². The summed E-state index contributed by atoms with van der Waals surface area (Å²) in [4.78, 5) is 38.7. The van der Waals surface area contributed by atoms with Crippen LogP contribution in [0.5, 0.6) is 0 Å². The number of nitrogens with zero attached hydrogens (tertiary/aromatic N) is 1. The van der Waals surface area contributed by atoms with Crippen LogP contribution < -0.4 is 5.32 Å². The highest BCUT2D eigenvalue weighted by molar-refractivity contribution is 8.47. The van der Waals surface area contributed by atoms with Crippen molar-refractivity contribution in [3.8, 4) is 0 Å². The van der Waals surface area contributed by atoms with Crippen molar-refractivity contribution in [2.24, 2.45) is 0 Å². The topological polar surface area (TPSA) is 165 Å². The number of thioether (sulfide) groups is 2. The van der Waals surface area contributed by atoms with E-state index in [-0.39, 0.29) is 24.8 Å². The molecule has 1 unspecified atom stereocenters. The van der Waals surface area contributed by atoms with E-state index >= 15 is 0 Å². The molecule has 1 aliphatic heterocycles. The van der Waals surface area contributed by atoms with Crippen LogP contribution in [0.1, 0.15) is 78.6 Å². The molecule has 4 N–H and O–H groups in total. The van der Waals surface area contributed by atoms with Crippen LogP contribution in [-0.4, -0.2) is 117 Å². The molecule has 1 fully saturated rings. The first-order valence-electron chi connectivity index (χ1n) is 15.4. The standard InChI is InChI=1S/C30H50N2O10S3/c1-5-44-29(43)45-30(3,31-4)14-13-22(35)12-10-15-39-17-18-40-20-23(36)11-8-6-7-9-16-41-28-25(32-21(2)34)27(38)26(37)24(19-33)42-28/h24-28,33,37-38H,5-20H2,1-3H3,(H,32,34)/t24-,25-,26+,27-,28-,30?/m1/s1. The van der Waals surface area contributed by atoms with Gasteiger partial charge in [-0.3, -0.25) is 19.2 Å². The Morgan fingerprint density at radius 1 is 0.978 bits per heavy atom. The number of aliphatic hydroxyl groups is 3. The normalized spacial score (nSPS) is 22.7. The maximum absolute atomic E-state index is 12.2. The van der Waals surface area contributed by atoms with E-state index < -0.39 is 48.0 Å². The van der Waals surface area contributed by atoms with Crippen molar-refractivity contribution in [1.29, 1.82) is 0 Å². The first-order chi connectivity index (χ1) is 21.5. The maximum atomic E-state index is 12.2. The minimum atomic E-state index is -1.35. The Balaban J connectivity index is 2.06. The predicted molar refractivity (Wildman–Crippen MR) is 178 cm³/mol. The van der Waals surface area contributed by atoms with E-state index in [9.17, 15) is 29.7 Å². The fourth-order valence-corrected chi connectivity index (χ4v) is 7.26. The van der Waals surface area contributed by atoms with E-state index in [1.54, 1.807) is 0 Å². The van der Waals surface area contributed by atoms with Gasteiger partial charge >= 0.3 is 0 Å². The van der Waals surface area contributed by atoms with Crippen molar-refractivity contribution in [2.45, 2.75) is 114 Å². The summed E-state index contributed by atoms with van der Waals surface area (Å²) >= 11 is 8.18. The van der Waals surface area contributed by atoms with Gasteiger partial charge < -0.3 is 39.6 Å². The van der Waals surface area contributed by atoms with E-state index in [2.05, 4.69) is 10.2 Å². The Kier molecular flexibility index (Phi) is 22.3. The van der Waals surface area contributed by atoms with Crippen LogP contribution in [0.2, 0.25) is 0 Å². The Hall–Kier alpha value is -1.19. The van der Waals surface area contributed by atoms with Crippen LogP contribution in [-0.2, 0) is 33.3 Å². The number of thiocarbonyl (C=S) groups is 1. The number of Topliss-reactive ketones (excluding diaryl/α,β-unsaturated/α-hetero) is 2. The van der Waals surface area contributed by atoms with Crippen molar-refractivity contribution < 1.29 is 48.7 Å². The number of aliphatic hydroxyl groups excluding tert-OH is 3. The third kappa shape index (κ3) is 18.1. The summed E-state index contributed by atoms with van der Waals surface area (Å²) in [7, 11) is 0. The molecule has 258 valence electrons. The molecule has 0 radical (unpaired) electrons. The van der Waals surface area contributed by atoms with Crippen molar-refractivity contribution >= 4 is 56.7 Å². The average molecular weight is 695 g/mol. The number of carbonyl (C=O) groups excluding carboxylic acids is 3. The summed E-state index contributed by atoms with van der Waals surface area (Å²) in [6.07, 6.45) is 0.418. The van der Waals surface area contributed by atoms with E-state index in [0.717, 1.165) is 22.1 Å². The fraction of sp³-hybridized carbons (Fsp3) is 0.833. The molecule has 1 rings (SSSR count). The molecule has 45 heavy (non-hydrogen) atoms. The number of carbonyl (C=O) groups is 3. The lowest BCUT2D eigenvalue weighted by Gasteiger charge is -2.42. The summed E-state index contributed by atoms with van der Waals surface area (Å²) in [5, 5.41) is 32.2. The largest absolute Gasteiger partial charge is 0.394 e. The molecular weight excluding hydrogens is 645 g/mol. The van der Waals surface area contributed by atoms with Gasteiger partial charge in [0.15, 0.2) is 12.1 Å². The molecule has 0 bridgehead atoms. The fourth-order valence-electron chi connectivity index (χ4n) is 4.39. The highest BCUT2D eigenvalue weighted by atomic mass is 32.2. The quantitative estimate of drug-likeness (QED) is 0.0663. The summed E-state index contributed by atoms with van der Waals surface area (Å²) in [5.41, 5.74) is 0. The van der Waals surface area contributed by atoms with E-state index in [0.29, 0.717) is 64.8 Å². The first kappa shape index (κ1) is 41.8. The molecule has 0 aromatic rings. The third-order valence-corrected chi connectivity index (χ3v) is 9.57. The summed E-state index contributed by atoms with van der Waals surface area (Å²) < 4.78 is 22.8. The van der Waals surface area contributed by atoms with Gasteiger partial charge in [-0.05, 0) is 36.8 Å². The van der Waals surface area contributed by atoms with Crippen LogP contribution in [0, 0.1) is 6.57 Å². The number of hydrogen-bond donors (Lipinski definition) is 4. The van der Waals surface area contributed by atoms with Crippen LogP contribution >= 0.6 is 35.7 Å². The smallest absolute Gasteiger partial charge is 0.280 e. The van der Waals surface area contributed by atoms with Gasteiger partial charge in [0.05, 0.1) is 19.8 Å². The Morgan fingerprint density at radius 3 is 2.33 bits per heavy atom. The van der Waals surface area contributed by atoms with Gasteiger partial charge in [0, 0.05) is 52.7 Å². The van der Waals surface area contributed by atoms with Crippen LogP contribution in [0.4, 0.5) is 0 Å². The zero-order valence-corrected chi connectivity index (χ0v) is 29.0. The Labute approximate surface area is 280 Å². The number of rotatable bonds is 24. The lowest BCUT2D eigenvalue weighted by Crippen LogP contribution is -2.64. The molecule has 0 aliphatic carbocycles. The van der Waals surface area contributed by atoms with Gasteiger partial charge in [-0.25, -0.2) is 6.57 Å². The Bertz CT molecular complexity index is 953. The molecule has 15 heteroatoms. The van der Waals surface area contributed by atoms with E-state index in [4.69, 9.17) is 37.7 Å². The van der Waals surface area contributed by atoms with Gasteiger partial charge in [-0.1, -0.05) is 32.0 Å². The molecule has 0 saturated carbocycles. The summed E-state index contributed by atoms with van der Waals surface area (Å²) in [5.74, 6) is 0.555. The molecule has 0 spiro atoms. The molecule has 1 aliphatic rings. The molecule has 0 aromatic carbocycles. The number of unbranched alkanes of at least 4 members (excludes halogenated alkanes) is 3. The van der Waals surface area contributed by atoms with Crippen molar-refractivity contribution in [2.75, 3.05) is 45.4 Å². The van der Waals surface area contributed by atoms with Crippen molar-refractivity contribution in [3.05, 3.63) is 11.4 Å². The monoisotopic (exact) mass is 694 g/mol. The second kappa shape index (κ2) is 24.0. The van der Waals surface area contributed by atoms with E-state index in [1.165, 1.54) is 30.4 Å². The van der Waals surface area contributed by atoms with Gasteiger partial charge in [0.2, 0.25) is 5.91 Å². The van der Waals surface area contributed by atoms with E-state index in [1.807, 2.05) is 13.8 Å². The molecule has 6 atom stereocenters. The maximum Gasteiger partial charge on any atom is 0.280 e. The highest BCUT2D eigenvalue weighted by Gasteiger charge is 2.45. The van der Waals surface area contributed by atoms with Crippen LogP contribution in [0.3, 0.4) is 0 Å². The molecule has 1 amide bonds. The third-order valence-electron chi connectivity index (χ3n) is 6.93. The zero-order valence-electron chi connectivity index (χ0n) is 26.6.